The van der Waals surface area contributed by atoms with E-state index in [4.69, 9.17) is 0 Å². The van der Waals surface area contributed by atoms with E-state index in [0.29, 0.717) is 18.5 Å². The monoisotopic (exact) mass is 269 g/mol. The van der Waals surface area contributed by atoms with Gasteiger partial charge in [-0.15, -0.1) is 0 Å². The maximum atomic E-state index is 4.50. The zero-order valence-electron chi connectivity index (χ0n) is 11.4. The van der Waals surface area contributed by atoms with Crippen LogP contribution in [-0.4, -0.2) is 21.0 Å². The lowest BCUT2D eigenvalue weighted by molar-refractivity contribution is 0.750. The molecule has 0 saturated heterocycles. The van der Waals surface area contributed by atoms with E-state index >= 15 is 0 Å². The fourth-order valence-corrected chi connectivity index (χ4v) is 2.49. The largest absolute Gasteiger partial charge is 0.367 e. The molecule has 0 spiro atoms. The highest BCUT2D eigenvalue weighted by Crippen LogP contribution is 2.21. The Kier molecular flexibility index (Phi) is 4.06. The number of nitrogens with one attached hydrogen (secondary N) is 2. The van der Waals surface area contributed by atoms with Crippen LogP contribution in [0.1, 0.15) is 31.2 Å². The summed E-state index contributed by atoms with van der Waals surface area (Å²) in [6, 6.07) is 6.45. The summed E-state index contributed by atoms with van der Waals surface area (Å²) >= 11 is 0. The van der Waals surface area contributed by atoms with Crippen molar-refractivity contribution in [1.29, 1.82) is 0 Å². The van der Waals surface area contributed by atoms with Gasteiger partial charge < -0.3 is 10.6 Å². The summed E-state index contributed by atoms with van der Waals surface area (Å²) in [5, 5.41) is 6.71. The van der Waals surface area contributed by atoms with Gasteiger partial charge in [-0.05, 0) is 36.6 Å². The summed E-state index contributed by atoms with van der Waals surface area (Å²) in [6.07, 6.45) is 10.5. The van der Waals surface area contributed by atoms with E-state index < -0.39 is 0 Å². The van der Waals surface area contributed by atoms with E-state index in [1.54, 1.807) is 18.6 Å². The molecule has 5 nitrogen and oxygen atoms in total. The van der Waals surface area contributed by atoms with Gasteiger partial charge in [0.2, 0.25) is 5.95 Å². The first kappa shape index (κ1) is 12.8. The van der Waals surface area contributed by atoms with Crippen LogP contribution in [0.4, 0.5) is 11.8 Å². The second-order valence-electron chi connectivity index (χ2n) is 5.10. The van der Waals surface area contributed by atoms with Gasteiger partial charge >= 0.3 is 0 Å². The second-order valence-corrected chi connectivity index (χ2v) is 5.10. The van der Waals surface area contributed by atoms with E-state index in [9.17, 15) is 0 Å². The third-order valence-electron chi connectivity index (χ3n) is 3.56. The van der Waals surface area contributed by atoms with Gasteiger partial charge in [0.05, 0.1) is 0 Å². The molecule has 2 N–H and O–H groups in total. The minimum absolute atomic E-state index is 0.568. The van der Waals surface area contributed by atoms with Gasteiger partial charge in [0.1, 0.15) is 5.82 Å². The second kappa shape index (κ2) is 6.32. The number of aromatic nitrogens is 3. The summed E-state index contributed by atoms with van der Waals surface area (Å²) in [7, 11) is 0. The first-order chi connectivity index (χ1) is 9.90. The SMILES string of the molecule is c1cc(CNc2nccc(NC3CCCC3)n2)ccn1. The van der Waals surface area contributed by atoms with Crippen molar-refractivity contribution in [3.05, 3.63) is 42.4 Å². The van der Waals surface area contributed by atoms with Crippen LogP contribution in [0.25, 0.3) is 0 Å². The molecule has 1 aliphatic rings. The molecule has 0 radical (unpaired) electrons. The van der Waals surface area contributed by atoms with Gasteiger partial charge in [-0.3, -0.25) is 4.98 Å². The van der Waals surface area contributed by atoms with E-state index in [-0.39, 0.29) is 0 Å². The molecule has 0 aliphatic heterocycles. The van der Waals surface area contributed by atoms with Crippen LogP contribution in [0.5, 0.6) is 0 Å². The van der Waals surface area contributed by atoms with Gasteiger partial charge in [-0.1, -0.05) is 12.8 Å². The molecule has 0 atom stereocenters. The summed E-state index contributed by atoms with van der Waals surface area (Å²) < 4.78 is 0. The lowest BCUT2D eigenvalue weighted by atomic mass is 10.2. The Labute approximate surface area is 118 Å². The minimum Gasteiger partial charge on any atom is -0.367 e. The van der Waals surface area contributed by atoms with Crippen LogP contribution in [0.2, 0.25) is 0 Å². The molecule has 0 unspecified atom stereocenters. The van der Waals surface area contributed by atoms with E-state index in [1.807, 2.05) is 18.2 Å². The van der Waals surface area contributed by atoms with Crippen LogP contribution < -0.4 is 10.6 Å². The van der Waals surface area contributed by atoms with Gasteiger partial charge in [0.25, 0.3) is 0 Å². The molecule has 2 aromatic rings. The molecule has 20 heavy (non-hydrogen) atoms. The van der Waals surface area contributed by atoms with Crippen molar-refractivity contribution in [2.75, 3.05) is 10.6 Å². The smallest absolute Gasteiger partial charge is 0.224 e. The summed E-state index contributed by atoms with van der Waals surface area (Å²) in [5.74, 6) is 1.56. The Balaban J connectivity index is 1.59. The topological polar surface area (TPSA) is 62.7 Å². The molecule has 2 aromatic heterocycles. The Hall–Kier alpha value is -2.17. The molecule has 104 valence electrons. The lowest BCUT2D eigenvalue weighted by Crippen LogP contribution is -2.16. The van der Waals surface area contributed by atoms with Gasteiger partial charge in [0, 0.05) is 31.2 Å². The Morgan fingerprint density at radius 3 is 2.65 bits per heavy atom. The third kappa shape index (κ3) is 3.44. The highest BCUT2D eigenvalue weighted by molar-refractivity contribution is 5.40. The zero-order valence-corrected chi connectivity index (χ0v) is 11.4. The van der Waals surface area contributed by atoms with Crippen LogP contribution in [0.15, 0.2) is 36.8 Å². The zero-order chi connectivity index (χ0) is 13.6. The van der Waals surface area contributed by atoms with Crippen molar-refractivity contribution in [2.24, 2.45) is 0 Å². The van der Waals surface area contributed by atoms with Gasteiger partial charge in [0.15, 0.2) is 0 Å². The Bertz CT molecular complexity index is 537. The number of nitrogens with zero attached hydrogens (tertiary/aromatic N) is 3. The summed E-state index contributed by atoms with van der Waals surface area (Å²) in [4.78, 5) is 12.8. The maximum Gasteiger partial charge on any atom is 0.224 e. The molecular weight excluding hydrogens is 250 g/mol. The fourth-order valence-electron chi connectivity index (χ4n) is 2.49. The van der Waals surface area contributed by atoms with Crippen molar-refractivity contribution >= 4 is 11.8 Å². The average molecular weight is 269 g/mol. The van der Waals surface area contributed by atoms with Crippen molar-refractivity contribution in [1.82, 2.24) is 15.0 Å². The summed E-state index contributed by atoms with van der Waals surface area (Å²) in [6.45, 7) is 0.704. The molecule has 1 aliphatic carbocycles. The normalized spacial score (nSPS) is 15.2. The molecule has 3 rings (SSSR count). The van der Waals surface area contributed by atoms with Crippen molar-refractivity contribution < 1.29 is 0 Å². The molecule has 2 heterocycles. The van der Waals surface area contributed by atoms with Crippen LogP contribution >= 0.6 is 0 Å². The van der Waals surface area contributed by atoms with Crippen molar-refractivity contribution in [2.45, 2.75) is 38.3 Å². The van der Waals surface area contributed by atoms with Crippen molar-refractivity contribution in [3.63, 3.8) is 0 Å². The maximum absolute atomic E-state index is 4.50. The Morgan fingerprint density at radius 2 is 1.85 bits per heavy atom. The van der Waals surface area contributed by atoms with Crippen molar-refractivity contribution in [3.8, 4) is 0 Å². The predicted molar refractivity (Wildman–Crippen MR) is 79.5 cm³/mol. The first-order valence-corrected chi connectivity index (χ1v) is 7.12. The highest BCUT2D eigenvalue weighted by atomic mass is 15.1. The predicted octanol–water partition coefficient (Wildman–Crippen LogP) is 2.84. The summed E-state index contributed by atoms with van der Waals surface area (Å²) in [5.41, 5.74) is 1.16. The molecule has 5 heteroatoms. The molecular formula is C15H19N5. The molecule has 1 saturated carbocycles. The standard InChI is InChI=1S/C15H19N5/c1-2-4-13(3-1)19-14-7-10-17-15(20-14)18-11-12-5-8-16-9-6-12/h5-10,13H,1-4,11H2,(H2,17,18,19,20). The van der Waals surface area contributed by atoms with E-state index in [0.717, 1.165) is 11.4 Å². The Morgan fingerprint density at radius 1 is 1.05 bits per heavy atom. The number of pyridine rings is 1. The lowest BCUT2D eigenvalue weighted by Gasteiger charge is -2.13. The fraction of sp³-hybridized carbons (Fsp3) is 0.400. The number of rotatable bonds is 5. The van der Waals surface area contributed by atoms with Gasteiger partial charge in [-0.25, -0.2) is 4.98 Å². The number of hydrogen-bond acceptors (Lipinski definition) is 5. The van der Waals surface area contributed by atoms with Crippen LogP contribution in [-0.2, 0) is 6.54 Å². The molecule has 0 amide bonds. The first-order valence-electron chi connectivity index (χ1n) is 7.12. The highest BCUT2D eigenvalue weighted by Gasteiger charge is 2.14. The van der Waals surface area contributed by atoms with Crippen LogP contribution in [0.3, 0.4) is 0 Å². The van der Waals surface area contributed by atoms with Gasteiger partial charge in [-0.2, -0.15) is 4.98 Å². The van der Waals surface area contributed by atoms with E-state index in [1.165, 1.54) is 25.7 Å². The quantitative estimate of drug-likeness (QED) is 0.874. The number of hydrogen-bond donors (Lipinski definition) is 2. The third-order valence-corrected chi connectivity index (χ3v) is 3.56. The average Bonchev–Trinajstić information content (AvgIpc) is 3.00. The molecule has 1 fully saturated rings. The molecule has 0 aromatic carbocycles. The van der Waals surface area contributed by atoms with E-state index in [2.05, 4.69) is 25.6 Å². The number of anilines is 2. The minimum atomic E-state index is 0.568. The molecule has 0 bridgehead atoms. The van der Waals surface area contributed by atoms with Crippen LogP contribution in [0, 0.1) is 0 Å².